The highest BCUT2D eigenvalue weighted by Crippen LogP contribution is 2.37. The average Bonchev–Trinajstić information content (AvgIpc) is 2.35. The van der Waals surface area contributed by atoms with E-state index >= 15 is 0 Å². The topological polar surface area (TPSA) is 81.8 Å². The monoisotopic (exact) mass is 253 g/mol. The molecule has 0 amide bonds. The van der Waals surface area contributed by atoms with E-state index in [0.29, 0.717) is 17.9 Å². The lowest BCUT2D eigenvalue weighted by Gasteiger charge is -2.19. The van der Waals surface area contributed by atoms with Crippen LogP contribution in [-0.2, 0) is 4.79 Å². The third-order valence-electron chi connectivity index (χ3n) is 2.84. The number of hydrogen-bond donors (Lipinski definition) is 2. The van der Waals surface area contributed by atoms with Gasteiger partial charge in [-0.25, -0.2) is 0 Å². The SMILES string of the molecule is COc1ccc(C)c(C(N)CCC(=O)O)c1OC. The highest BCUT2D eigenvalue weighted by molar-refractivity contribution is 5.66. The van der Waals surface area contributed by atoms with E-state index in [-0.39, 0.29) is 12.5 Å². The summed E-state index contributed by atoms with van der Waals surface area (Å²) in [6.45, 7) is 1.91. The third kappa shape index (κ3) is 3.13. The molecule has 0 aliphatic carbocycles. The number of ether oxygens (including phenoxy) is 2. The molecule has 0 aliphatic heterocycles. The van der Waals surface area contributed by atoms with Crippen LogP contribution >= 0.6 is 0 Å². The van der Waals surface area contributed by atoms with Crippen LogP contribution in [0.2, 0.25) is 0 Å². The minimum absolute atomic E-state index is 0.0287. The van der Waals surface area contributed by atoms with E-state index in [1.165, 1.54) is 0 Å². The molecule has 0 spiro atoms. The molecule has 100 valence electrons. The first-order valence-corrected chi connectivity index (χ1v) is 5.70. The summed E-state index contributed by atoms with van der Waals surface area (Å²) in [5, 5.41) is 8.69. The molecule has 1 aromatic rings. The average molecular weight is 253 g/mol. The Bertz CT molecular complexity index is 431. The molecule has 1 unspecified atom stereocenters. The number of carboxylic acids is 1. The zero-order valence-electron chi connectivity index (χ0n) is 10.9. The van der Waals surface area contributed by atoms with Crippen LogP contribution in [0.4, 0.5) is 0 Å². The van der Waals surface area contributed by atoms with Gasteiger partial charge < -0.3 is 20.3 Å². The van der Waals surface area contributed by atoms with Crippen LogP contribution in [0.25, 0.3) is 0 Å². The van der Waals surface area contributed by atoms with Crippen LogP contribution in [0, 0.1) is 6.92 Å². The summed E-state index contributed by atoms with van der Waals surface area (Å²) in [5.74, 6) is 0.323. The minimum Gasteiger partial charge on any atom is -0.493 e. The Morgan fingerprint density at radius 2 is 2.06 bits per heavy atom. The van der Waals surface area contributed by atoms with Gasteiger partial charge in [-0.05, 0) is 25.0 Å². The van der Waals surface area contributed by atoms with Crippen molar-refractivity contribution >= 4 is 5.97 Å². The quantitative estimate of drug-likeness (QED) is 0.808. The van der Waals surface area contributed by atoms with E-state index in [1.54, 1.807) is 14.2 Å². The Morgan fingerprint density at radius 1 is 1.39 bits per heavy atom. The van der Waals surface area contributed by atoms with Crippen molar-refractivity contribution in [2.75, 3.05) is 14.2 Å². The molecule has 0 fully saturated rings. The molecule has 1 aromatic carbocycles. The van der Waals surface area contributed by atoms with Crippen LogP contribution < -0.4 is 15.2 Å². The normalized spacial score (nSPS) is 12.0. The van der Waals surface area contributed by atoms with Gasteiger partial charge in [-0.2, -0.15) is 0 Å². The number of rotatable bonds is 6. The molecule has 1 rings (SSSR count). The van der Waals surface area contributed by atoms with Crippen LogP contribution in [0.5, 0.6) is 11.5 Å². The second-order valence-corrected chi connectivity index (χ2v) is 4.07. The van der Waals surface area contributed by atoms with E-state index in [2.05, 4.69) is 0 Å². The summed E-state index contributed by atoms with van der Waals surface area (Å²) in [6, 6.07) is 3.31. The van der Waals surface area contributed by atoms with Crippen molar-refractivity contribution in [1.82, 2.24) is 0 Å². The fourth-order valence-corrected chi connectivity index (χ4v) is 1.93. The van der Waals surface area contributed by atoms with Crippen LogP contribution in [-0.4, -0.2) is 25.3 Å². The Morgan fingerprint density at radius 3 is 2.56 bits per heavy atom. The van der Waals surface area contributed by atoms with Crippen molar-refractivity contribution in [3.8, 4) is 11.5 Å². The lowest BCUT2D eigenvalue weighted by Crippen LogP contribution is -2.15. The number of hydrogen-bond acceptors (Lipinski definition) is 4. The summed E-state index contributed by atoms with van der Waals surface area (Å²) in [5.41, 5.74) is 7.81. The molecule has 3 N–H and O–H groups in total. The first-order valence-electron chi connectivity index (χ1n) is 5.70. The molecule has 0 radical (unpaired) electrons. The molecule has 5 nitrogen and oxygen atoms in total. The number of carboxylic acid groups (broad SMARTS) is 1. The Labute approximate surface area is 107 Å². The van der Waals surface area contributed by atoms with E-state index in [9.17, 15) is 4.79 Å². The van der Waals surface area contributed by atoms with Gasteiger partial charge >= 0.3 is 5.97 Å². The molecule has 0 heterocycles. The van der Waals surface area contributed by atoms with Crippen molar-refractivity contribution in [2.45, 2.75) is 25.8 Å². The summed E-state index contributed by atoms with van der Waals surface area (Å²) >= 11 is 0. The van der Waals surface area contributed by atoms with Gasteiger partial charge in [-0.15, -0.1) is 0 Å². The first-order chi connectivity index (χ1) is 8.51. The molecule has 0 bridgehead atoms. The molecule has 0 saturated heterocycles. The van der Waals surface area contributed by atoms with Gasteiger partial charge in [-0.1, -0.05) is 6.07 Å². The molecular formula is C13H19NO4. The molecule has 0 aliphatic rings. The largest absolute Gasteiger partial charge is 0.493 e. The standard InChI is InChI=1S/C13H19NO4/c1-8-4-6-10(17-2)13(18-3)12(8)9(14)5-7-11(15)16/h4,6,9H,5,7,14H2,1-3H3,(H,15,16). The lowest BCUT2D eigenvalue weighted by atomic mass is 9.96. The smallest absolute Gasteiger partial charge is 0.303 e. The Balaban J connectivity index is 3.08. The second-order valence-electron chi connectivity index (χ2n) is 4.07. The molecule has 1 atom stereocenters. The van der Waals surface area contributed by atoms with Gasteiger partial charge in [0.25, 0.3) is 0 Å². The van der Waals surface area contributed by atoms with Crippen molar-refractivity contribution in [3.05, 3.63) is 23.3 Å². The second kappa shape index (κ2) is 6.26. The minimum atomic E-state index is -0.857. The van der Waals surface area contributed by atoms with Gasteiger partial charge in [-0.3, -0.25) is 4.79 Å². The van der Waals surface area contributed by atoms with E-state index in [1.807, 2.05) is 19.1 Å². The fraction of sp³-hybridized carbons (Fsp3) is 0.462. The predicted octanol–water partition coefficient (Wildman–Crippen LogP) is 1.88. The van der Waals surface area contributed by atoms with E-state index < -0.39 is 5.97 Å². The summed E-state index contributed by atoms with van der Waals surface area (Å²) in [6.07, 6.45) is 0.390. The third-order valence-corrected chi connectivity index (χ3v) is 2.84. The number of carbonyl (C=O) groups is 1. The van der Waals surface area contributed by atoms with Crippen molar-refractivity contribution in [3.63, 3.8) is 0 Å². The highest BCUT2D eigenvalue weighted by Gasteiger charge is 2.19. The van der Waals surface area contributed by atoms with Crippen LogP contribution in [0.3, 0.4) is 0 Å². The van der Waals surface area contributed by atoms with Crippen molar-refractivity contribution in [2.24, 2.45) is 5.73 Å². The maximum absolute atomic E-state index is 10.6. The van der Waals surface area contributed by atoms with Crippen LogP contribution in [0.15, 0.2) is 12.1 Å². The fourth-order valence-electron chi connectivity index (χ4n) is 1.93. The summed E-state index contributed by atoms with van der Waals surface area (Å²) in [7, 11) is 3.10. The first kappa shape index (κ1) is 14.3. The zero-order chi connectivity index (χ0) is 13.7. The molecule has 0 aromatic heterocycles. The van der Waals surface area contributed by atoms with E-state index in [0.717, 1.165) is 11.1 Å². The number of aliphatic carboxylic acids is 1. The molecule has 5 heteroatoms. The van der Waals surface area contributed by atoms with Gasteiger partial charge in [0, 0.05) is 18.0 Å². The van der Waals surface area contributed by atoms with E-state index in [4.69, 9.17) is 20.3 Å². The number of nitrogens with two attached hydrogens (primary N) is 1. The van der Waals surface area contributed by atoms with Gasteiger partial charge in [0.15, 0.2) is 11.5 Å². The Kier molecular flexibility index (Phi) is 4.97. The predicted molar refractivity (Wildman–Crippen MR) is 68.1 cm³/mol. The number of benzene rings is 1. The Hall–Kier alpha value is -1.75. The maximum Gasteiger partial charge on any atom is 0.303 e. The summed E-state index contributed by atoms with van der Waals surface area (Å²) < 4.78 is 10.5. The summed E-state index contributed by atoms with van der Waals surface area (Å²) in [4.78, 5) is 10.6. The highest BCUT2D eigenvalue weighted by atomic mass is 16.5. The van der Waals surface area contributed by atoms with Gasteiger partial charge in [0.05, 0.1) is 14.2 Å². The van der Waals surface area contributed by atoms with Crippen LogP contribution in [0.1, 0.15) is 30.0 Å². The van der Waals surface area contributed by atoms with Gasteiger partial charge in [0.1, 0.15) is 0 Å². The maximum atomic E-state index is 10.6. The van der Waals surface area contributed by atoms with Crippen molar-refractivity contribution in [1.29, 1.82) is 0 Å². The molecule has 0 saturated carbocycles. The molecule has 18 heavy (non-hydrogen) atoms. The molecular weight excluding hydrogens is 234 g/mol. The lowest BCUT2D eigenvalue weighted by molar-refractivity contribution is -0.137. The zero-order valence-corrected chi connectivity index (χ0v) is 10.9. The van der Waals surface area contributed by atoms with Gasteiger partial charge in [0.2, 0.25) is 0 Å². The van der Waals surface area contributed by atoms with Crippen molar-refractivity contribution < 1.29 is 19.4 Å². The number of methoxy groups -OCH3 is 2. The number of aryl methyl sites for hydroxylation is 1.